The van der Waals surface area contributed by atoms with Crippen LogP contribution in [0.25, 0.3) is 21.3 Å². The highest BCUT2D eigenvalue weighted by Crippen LogP contribution is 2.40. The van der Waals surface area contributed by atoms with Crippen molar-refractivity contribution in [3.8, 4) is 11.1 Å². The Kier molecular flexibility index (Phi) is 5.50. The number of methoxy groups -OCH3 is 1. The number of aromatic nitrogens is 2. The van der Waals surface area contributed by atoms with E-state index in [1.165, 1.54) is 6.33 Å². The number of anilines is 2. The molecule has 4 aromatic rings. The molecule has 0 radical (unpaired) electrons. The second-order valence-electron chi connectivity index (χ2n) is 6.48. The summed E-state index contributed by atoms with van der Waals surface area (Å²) in [4.78, 5) is 22.9. The van der Waals surface area contributed by atoms with Gasteiger partial charge in [-0.3, -0.25) is 4.79 Å². The molecule has 0 aliphatic heterocycles. The summed E-state index contributed by atoms with van der Waals surface area (Å²) in [6.07, 6.45) is 2.25. The quantitative estimate of drug-likeness (QED) is 0.498. The molecule has 0 bridgehead atoms. The highest BCUT2D eigenvalue weighted by atomic mass is 32.1. The molecule has 29 heavy (non-hydrogen) atoms. The number of carbonyl (C=O) groups is 1. The lowest BCUT2D eigenvalue weighted by Crippen LogP contribution is -2.11. The zero-order chi connectivity index (χ0) is 20.2. The van der Waals surface area contributed by atoms with Gasteiger partial charge in [0.15, 0.2) is 0 Å². The Labute approximate surface area is 172 Å². The molecule has 0 unspecified atom stereocenters. The lowest BCUT2D eigenvalue weighted by molar-refractivity contribution is 0.102. The van der Waals surface area contributed by atoms with E-state index in [0.29, 0.717) is 18.0 Å². The van der Waals surface area contributed by atoms with Crippen LogP contribution in [0.2, 0.25) is 0 Å². The van der Waals surface area contributed by atoms with Crippen LogP contribution in [0.4, 0.5) is 11.5 Å². The number of hydrogen-bond donors (Lipinski definition) is 2. The zero-order valence-electron chi connectivity index (χ0n) is 15.9. The first kappa shape index (κ1) is 19.0. The number of nitrogens with one attached hydrogen (secondary N) is 1. The van der Waals surface area contributed by atoms with Crippen LogP contribution in [0.3, 0.4) is 0 Å². The Hall–Kier alpha value is -3.29. The summed E-state index contributed by atoms with van der Waals surface area (Å²) in [7, 11) is 1.69. The molecule has 2 aromatic heterocycles. The van der Waals surface area contributed by atoms with Crippen LogP contribution in [0.5, 0.6) is 0 Å². The summed E-state index contributed by atoms with van der Waals surface area (Å²) >= 11 is 1.60. The van der Waals surface area contributed by atoms with Gasteiger partial charge < -0.3 is 15.8 Å². The van der Waals surface area contributed by atoms with Crippen LogP contribution in [0.15, 0.2) is 60.9 Å². The third kappa shape index (κ3) is 3.96. The van der Waals surface area contributed by atoms with Gasteiger partial charge in [0, 0.05) is 35.2 Å². The molecule has 4 rings (SSSR count). The molecule has 2 aromatic carbocycles. The maximum Gasteiger partial charge on any atom is 0.255 e. The summed E-state index contributed by atoms with van der Waals surface area (Å²) in [5.74, 6) is 0.323. The first-order valence-corrected chi connectivity index (χ1v) is 9.96. The number of ether oxygens (including phenoxy) is 1. The molecule has 0 spiro atoms. The SMILES string of the molecule is COCCc1sc2ncnc(N)c2c1-c1ccc(NC(=O)c2ccccc2)cc1. The average Bonchev–Trinajstić information content (AvgIpc) is 3.13. The summed E-state index contributed by atoms with van der Waals surface area (Å²) < 4.78 is 5.26. The third-order valence-electron chi connectivity index (χ3n) is 4.59. The van der Waals surface area contributed by atoms with Gasteiger partial charge in [-0.1, -0.05) is 30.3 Å². The molecule has 0 saturated carbocycles. The smallest absolute Gasteiger partial charge is 0.255 e. The second kappa shape index (κ2) is 8.38. The van der Waals surface area contributed by atoms with Crippen LogP contribution < -0.4 is 11.1 Å². The van der Waals surface area contributed by atoms with Crippen LogP contribution in [0.1, 0.15) is 15.2 Å². The molecule has 1 amide bonds. The number of carbonyl (C=O) groups excluding carboxylic acids is 1. The zero-order valence-corrected chi connectivity index (χ0v) is 16.7. The normalized spacial score (nSPS) is 10.9. The molecule has 0 saturated heterocycles. The van der Waals surface area contributed by atoms with E-state index in [-0.39, 0.29) is 5.91 Å². The number of amides is 1. The maximum absolute atomic E-state index is 12.4. The van der Waals surface area contributed by atoms with Gasteiger partial charge in [-0.2, -0.15) is 0 Å². The predicted molar refractivity (Wildman–Crippen MR) is 117 cm³/mol. The summed E-state index contributed by atoms with van der Waals surface area (Å²) in [5, 5.41) is 3.79. The van der Waals surface area contributed by atoms with E-state index in [2.05, 4.69) is 15.3 Å². The van der Waals surface area contributed by atoms with Crippen LogP contribution in [-0.4, -0.2) is 29.6 Å². The van der Waals surface area contributed by atoms with Crippen molar-refractivity contribution < 1.29 is 9.53 Å². The van der Waals surface area contributed by atoms with Gasteiger partial charge in [-0.25, -0.2) is 9.97 Å². The van der Waals surface area contributed by atoms with E-state index in [4.69, 9.17) is 10.5 Å². The minimum atomic E-state index is -0.141. The van der Waals surface area contributed by atoms with Gasteiger partial charge in [0.25, 0.3) is 5.91 Å². The second-order valence-corrected chi connectivity index (χ2v) is 7.56. The standard InChI is InChI=1S/C22H20N4O2S/c1-28-12-11-17-18(19-20(23)24-13-25-22(19)29-17)14-7-9-16(10-8-14)26-21(27)15-5-3-2-4-6-15/h2-10,13H,11-12H2,1H3,(H,26,27)(H2,23,24,25). The summed E-state index contributed by atoms with van der Waals surface area (Å²) in [5.41, 5.74) is 9.54. The lowest BCUT2D eigenvalue weighted by atomic mass is 10.0. The van der Waals surface area contributed by atoms with E-state index in [0.717, 1.165) is 38.3 Å². The van der Waals surface area contributed by atoms with Gasteiger partial charge in [-0.15, -0.1) is 11.3 Å². The Morgan fingerprint density at radius 2 is 1.86 bits per heavy atom. The van der Waals surface area contributed by atoms with Crippen molar-refractivity contribution in [3.63, 3.8) is 0 Å². The molecule has 0 aliphatic rings. The van der Waals surface area contributed by atoms with Crippen molar-refractivity contribution in [3.05, 3.63) is 71.4 Å². The van der Waals surface area contributed by atoms with E-state index >= 15 is 0 Å². The fraction of sp³-hybridized carbons (Fsp3) is 0.136. The molecule has 3 N–H and O–H groups in total. The first-order valence-electron chi connectivity index (χ1n) is 9.15. The monoisotopic (exact) mass is 404 g/mol. The van der Waals surface area contributed by atoms with Crippen molar-refractivity contribution in [2.24, 2.45) is 0 Å². The number of thiophene rings is 1. The average molecular weight is 404 g/mol. The topological polar surface area (TPSA) is 90.1 Å². The van der Waals surface area contributed by atoms with E-state index in [1.54, 1.807) is 30.6 Å². The van der Waals surface area contributed by atoms with E-state index < -0.39 is 0 Å². The van der Waals surface area contributed by atoms with Crippen LogP contribution >= 0.6 is 11.3 Å². The van der Waals surface area contributed by atoms with E-state index in [9.17, 15) is 4.79 Å². The van der Waals surface area contributed by atoms with Crippen molar-refractivity contribution in [2.45, 2.75) is 6.42 Å². The predicted octanol–water partition coefficient (Wildman–Crippen LogP) is 4.38. The Balaban J connectivity index is 1.66. The lowest BCUT2D eigenvalue weighted by Gasteiger charge is -2.09. The number of fused-ring (bicyclic) bond motifs is 1. The van der Waals surface area contributed by atoms with Gasteiger partial charge in [-0.05, 0) is 29.8 Å². The number of nitrogens with two attached hydrogens (primary N) is 1. The van der Waals surface area contributed by atoms with Crippen molar-refractivity contribution in [1.82, 2.24) is 9.97 Å². The number of rotatable bonds is 6. The molecule has 146 valence electrons. The van der Waals surface area contributed by atoms with E-state index in [1.807, 2.05) is 42.5 Å². The summed E-state index contributed by atoms with van der Waals surface area (Å²) in [6, 6.07) is 16.9. The number of benzene rings is 2. The maximum atomic E-state index is 12.4. The molecule has 0 atom stereocenters. The molecular formula is C22H20N4O2S. The van der Waals surface area contributed by atoms with Crippen molar-refractivity contribution in [2.75, 3.05) is 24.8 Å². The Morgan fingerprint density at radius 1 is 1.10 bits per heavy atom. The number of nitrogens with zero attached hydrogens (tertiary/aromatic N) is 2. The third-order valence-corrected chi connectivity index (χ3v) is 5.75. The molecular weight excluding hydrogens is 384 g/mol. The number of nitrogen functional groups attached to an aromatic ring is 1. The van der Waals surface area contributed by atoms with Crippen molar-refractivity contribution in [1.29, 1.82) is 0 Å². The highest BCUT2D eigenvalue weighted by molar-refractivity contribution is 7.19. The van der Waals surface area contributed by atoms with Gasteiger partial charge in [0.2, 0.25) is 0 Å². The molecule has 2 heterocycles. The van der Waals surface area contributed by atoms with Gasteiger partial charge in [0.05, 0.1) is 12.0 Å². The van der Waals surface area contributed by atoms with Crippen LogP contribution in [-0.2, 0) is 11.2 Å². The molecule has 6 nitrogen and oxygen atoms in total. The molecule has 0 aliphatic carbocycles. The van der Waals surface area contributed by atoms with Crippen LogP contribution in [0, 0.1) is 0 Å². The fourth-order valence-electron chi connectivity index (χ4n) is 3.19. The van der Waals surface area contributed by atoms with Gasteiger partial charge >= 0.3 is 0 Å². The molecule has 0 fully saturated rings. The molecule has 7 heteroatoms. The largest absolute Gasteiger partial charge is 0.384 e. The minimum absolute atomic E-state index is 0.141. The summed E-state index contributed by atoms with van der Waals surface area (Å²) in [6.45, 7) is 0.609. The Morgan fingerprint density at radius 3 is 2.59 bits per heavy atom. The fourth-order valence-corrected chi connectivity index (χ4v) is 4.34. The van der Waals surface area contributed by atoms with Crippen molar-refractivity contribution >= 4 is 39.0 Å². The minimum Gasteiger partial charge on any atom is -0.384 e. The highest BCUT2D eigenvalue weighted by Gasteiger charge is 2.18. The Bertz CT molecular complexity index is 1140. The first-order chi connectivity index (χ1) is 14.2. The number of hydrogen-bond acceptors (Lipinski definition) is 6. The van der Waals surface area contributed by atoms with Gasteiger partial charge in [0.1, 0.15) is 17.0 Å².